The van der Waals surface area contributed by atoms with E-state index in [1.807, 2.05) is 6.92 Å². The molecule has 0 atom stereocenters. The Bertz CT molecular complexity index is 534. The van der Waals surface area contributed by atoms with E-state index in [1.165, 1.54) is 0 Å². The number of piperidine rings is 1. The summed E-state index contributed by atoms with van der Waals surface area (Å²) >= 11 is 6.24. The fraction of sp³-hybridized carbons (Fsp3) is 0.706. The van der Waals surface area contributed by atoms with Gasteiger partial charge in [0.15, 0.2) is 11.0 Å². The van der Waals surface area contributed by atoms with Gasteiger partial charge in [0.1, 0.15) is 0 Å². The number of unbranched alkanes of at least 4 members (excludes halogenated alkanes) is 1. The van der Waals surface area contributed by atoms with Gasteiger partial charge in [-0.05, 0) is 39.0 Å². The molecule has 0 aliphatic carbocycles. The number of esters is 1. The normalized spacial score (nSPS) is 15.5. The highest BCUT2D eigenvalue weighted by atomic mass is 35.5. The Hall–Kier alpha value is -1.40. The highest BCUT2D eigenvalue weighted by Crippen LogP contribution is 2.27. The predicted molar refractivity (Wildman–Crippen MR) is 93.4 cm³/mol. The van der Waals surface area contributed by atoms with Crippen molar-refractivity contribution >= 4 is 23.4 Å². The molecule has 2 heterocycles. The minimum absolute atomic E-state index is 0.0230. The third kappa shape index (κ3) is 5.31. The molecule has 0 radical (unpaired) electrons. The standard InChI is InChI=1S/C17H26ClN3O3/c1-3-24-17(22)13-7-9-21(10-8-13)16-15(18)19-12-14(20-16)6-4-5-11-23-2/h12-13H,3-11H2,1-2H3. The van der Waals surface area contributed by atoms with Gasteiger partial charge < -0.3 is 14.4 Å². The number of methoxy groups -OCH3 is 1. The number of hydrogen-bond donors (Lipinski definition) is 0. The summed E-state index contributed by atoms with van der Waals surface area (Å²) in [5.41, 5.74) is 0.943. The Balaban J connectivity index is 1.93. The van der Waals surface area contributed by atoms with Crippen molar-refractivity contribution in [2.75, 3.05) is 38.3 Å². The average molecular weight is 356 g/mol. The van der Waals surface area contributed by atoms with Crippen molar-refractivity contribution < 1.29 is 14.3 Å². The summed E-state index contributed by atoms with van der Waals surface area (Å²) < 4.78 is 10.2. The van der Waals surface area contributed by atoms with E-state index >= 15 is 0 Å². The molecule has 1 aromatic heterocycles. The van der Waals surface area contributed by atoms with Crippen molar-refractivity contribution in [2.45, 2.75) is 39.0 Å². The van der Waals surface area contributed by atoms with Gasteiger partial charge in [-0.15, -0.1) is 0 Å². The van der Waals surface area contributed by atoms with Crippen molar-refractivity contribution in [3.8, 4) is 0 Å². The molecular formula is C17H26ClN3O3. The van der Waals surface area contributed by atoms with Crippen LogP contribution in [-0.4, -0.2) is 49.4 Å². The molecule has 1 saturated heterocycles. The summed E-state index contributed by atoms with van der Waals surface area (Å²) in [6.07, 6.45) is 6.13. The molecule has 1 aromatic rings. The van der Waals surface area contributed by atoms with E-state index in [9.17, 15) is 4.79 Å². The van der Waals surface area contributed by atoms with Crippen LogP contribution >= 0.6 is 11.6 Å². The molecule has 7 heteroatoms. The molecule has 0 unspecified atom stereocenters. The summed E-state index contributed by atoms with van der Waals surface area (Å²) in [5, 5.41) is 0.422. The van der Waals surface area contributed by atoms with Crippen molar-refractivity contribution in [2.24, 2.45) is 5.92 Å². The number of rotatable bonds is 8. The second kappa shape index (κ2) is 9.79. The van der Waals surface area contributed by atoms with Crippen LogP contribution in [0.25, 0.3) is 0 Å². The first-order valence-electron chi connectivity index (χ1n) is 8.57. The molecule has 134 valence electrons. The van der Waals surface area contributed by atoms with Crippen molar-refractivity contribution in [1.29, 1.82) is 0 Å². The van der Waals surface area contributed by atoms with Gasteiger partial charge in [0, 0.05) is 26.8 Å². The van der Waals surface area contributed by atoms with Crippen LogP contribution in [0.5, 0.6) is 0 Å². The van der Waals surface area contributed by atoms with Gasteiger partial charge in [0.2, 0.25) is 0 Å². The number of ether oxygens (including phenoxy) is 2. The quantitative estimate of drug-likeness (QED) is 0.527. The zero-order valence-corrected chi connectivity index (χ0v) is 15.2. The average Bonchev–Trinajstić information content (AvgIpc) is 2.60. The van der Waals surface area contributed by atoms with E-state index in [2.05, 4.69) is 14.9 Å². The van der Waals surface area contributed by atoms with Crippen LogP contribution in [-0.2, 0) is 20.7 Å². The highest BCUT2D eigenvalue weighted by Gasteiger charge is 2.27. The maximum absolute atomic E-state index is 11.8. The number of aromatic nitrogens is 2. The first-order chi connectivity index (χ1) is 11.7. The number of anilines is 1. The summed E-state index contributed by atoms with van der Waals surface area (Å²) in [6.45, 7) is 4.51. The maximum Gasteiger partial charge on any atom is 0.309 e. The molecule has 2 rings (SSSR count). The van der Waals surface area contributed by atoms with Crippen LogP contribution in [0.4, 0.5) is 5.82 Å². The zero-order valence-electron chi connectivity index (χ0n) is 14.5. The van der Waals surface area contributed by atoms with Crippen LogP contribution in [0.3, 0.4) is 0 Å². The van der Waals surface area contributed by atoms with E-state index in [0.717, 1.165) is 63.3 Å². The van der Waals surface area contributed by atoms with Gasteiger partial charge in [-0.25, -0.2) is 9.97 Å². The van der Waals surface area contributed by atoms with Gasteiger partial charge in [-0.2, -0.15) is 0 Å². The van der Waals surface area contributed by atoms with E-state index in [1.54, 1.807) is 13.3 Å². The minimum Gasteiger partial charge on any atom is -0.466 e. The molecule has 0 spiro atoms. The van der Waals surface area contributed by atoms with E-state index < -0.39 is 0 Å². The van der Waals surface area contributed by atoms with Crippen molar-refractivity contribution in [3.05, 3.63) is 17.0 Å². The summed E-state index contributed by atoms with van der Waals surface area (Å²) in [7, 11) is 1.71. The van der Waals surface area contributed by atoms with Crippen LogP contribution in [0.1, 0.15) is 38.3 Å². The predicted octanol–water partition coefficient (Wildman–Crippen LogP) is 2.88. The van der Waals surface area contributed by atoms with Gasteiger partial charge in [-0.1, -0.05) is 11.6 Å². The lowest BCUT2D eigenvalue weighted by atomic mass is 9.97. The molecule has 0 aromatic carbocycles. The number of aryl methyl sites for hydroxylation is 1. The van der Waals surface area contributed by atoms with Crippen molar-refractivity contribution in [1.82, 2.24) is 9.97 Å². The topological polar surface area (TPSA) is 64.5 Å². The molecule has 1 aliphatic rings. The van der Waals surface area contributed by atoms with Crippen LogP contribution in [0.15, 0.2) is 6.20 Å². The monoisotopic (exact) mass is 355 g/mol. The van der Waals surface area contributed by atoms with Crippen LogP contribution in [0, 0.1) is 5.92 Å². The Morgan fingerprint density at radius 2 is 2.12 bits per heavy atom. The number of carbonyl (C=O) groups excluding carboxylic acids is 1. The zero-order chi connectivity index (χ0) is 17.4. The third-order valence-corrected chi connectivity index (χ3v) is 4.47. The Morgan fingerprint density at radius 3 is 2.79 bits per heavy atom. The number of halogens is 1. The van der Waals surface area contributed by atoms with E-state index in [0.29, 0.717) is 11.8 Å². The van der Waals surface area contributed by atoms with Gasteiger partial charge in [-0.3, -0.25) is 4.79 Å². The third-order valence-electron chi connectivity index (χ3n) is 4.21. The van der Waals surface area contributed by atoms with E-state index in [4.69, 9.17) is 21.1 Å². The Morgan fingerprint density at radius 1 is 1.38 bits per heavy atom. The molecule has 1 aliphatic heterocycles. The lowest BCUT2D eigenvalue weighted by Crippen LogP contribution is -2.37. The second-order valence-corrected chi connectivity index (χ2v) is 6.30. The van der Waals surface area contributed by atoms with Crippen molar-refractivity contribution in [3.63, 3.8) is 0 Å². The number of nitrogens with zero attached hydrogens (tertiary/aromatic N) is 3. The number of carbonyl (C=O) groups is 1. The highest BCUT2D eigenvalue weighted by molar-refractivity contribution is 6.31. The molecule has 1 fully saturated rings. The summed E-state index contributed by atoms with van der Waals surface area (Å²) in [4.78, 5) is 22.9. The van der Waals surface area contributed by atoms with Gasteiger partial charge in [0.25, 0.3) is 0 Å². The molecule has 0 amide bonds. The van der Waals surface area contributed by atoms with Crippen LogP contribution in [0.2, 0.25) is 5.15 Å². The second-order valence-electron chi connectivity index (χ2n) is 5.94. The van der Waals surface area contributed by atoms with Gasteiger partial charge in [0.05, 0.1) is 24.4 Å². The molecule has 0 N–H and O–H groups in total. The fourth-order valence-electron chi connectivity index (χ4n) is 2.86. The largest absolute Gasteiger partial charge is 0.466 e. The minimum atomic E-state index is -0.0961. The molecule has 0 bridgehead atoms. The summed E-state index contributed by atoms with van der Waals surface area (Å²) in [6, 6.07) is 0. The lowest BCUT2D eigenvalue weighted by molar-refractivity contribution is -0.148. The fourth-order valence-corrected chi connectivity index (χ4v) is 3.07. The molecule has 0 saturated carbocycles. The SMILES string of the molecule is CCOC(=O)C1CCN(c2nc(CCCCOC)cnc2Cl)CC1. The first kappa shape index (κ1) is 18.9. The molecular weight excluding hydrogens is 330 g/mol. The Kier molecular flexibility index (Phi) is 7.72. The number of hydrogen-bond acceptors (Lipinski definition) is 6. The lowest BCUT2D eigenvalue weighted by Gasteiger charge is -2.32. The first-order valence-corrected chi connectivity index (χ1v) is 8.95. The molecule has 6 nitrogen and oxygen atoms in total. The smallest absolute Gasteiger partial charge is 0.309 e. The Labute approximate surface area is 148 Å². The van der Waals surface area contributed by atoms with Crippen LogP contribution < -0.4 is 4.90 Å². The van der Waals surface area contributed by atoms with Gasteiger partial charge >= 0.3 is 5.97 Å². The summed E-state index contributed by atoms with van der Waals surface area (Å²) in [5.74, 6) is 0.606. The molecule has 24 heavy (non-hydrogen) atoms. The maximum atomic E-state index is 11.8. The van der Waals surface area contributed by atoms with E-state index in [-0.39, 0.29) is 11.9 Å².